The van der Waals surface area contributed by atoms with E-state index in [1.165, 1.54) is 0 Å². The Kier molecular flexibility index (Phi) is 5.87. The summed E-state index contributed by atoms with van der Waals surface area (Å²) in [6.45, 7) is 6.69. The normalized spacial score (nSPS) is 12.8. The zero-order valence-corrected chi connectivity index (χ0v) is 14.6. The van der Waals surface area contributed by atoms with Crippen molar-refractivity contribution in [1.82, 2.24) is 14.9 Å². The van der Waals surface area contributed by atoms with E-state index in [4.69, 9.17) is 9.84 Å². The van der Waals surface area contributed by atoms with Gasteiger partial charge < -0.3 is 20.3 Å². The fourth-order valence-corrected chi connectivity index (χ4v) is 2.56. The van der Waals surface area contributed by atoms with Crippen molar-refractivity contribution >= 4 is 17.5 Å². The number of hydrogen-bond donors (Lipinski definition) is 3. The van der Waals surface area contributed by atoms with Crippen LogP contribution in [0.4, 0.5) is 0 Å². The second-order valence-corrected chi connectivity index (χ2v) is 7.13. The molecule has 8 heteroatoms. The van der Waals surface area contributed by atoms with E-state index in [1.54, 1.807) is 24.3 Å². The van der Waals surface area contributed by atoms with Gasteiger partial charge in [-0.3, -0.25) is 0 Å². The largest absolute Gasteiger partial charge is 0.491 e. The van der Waals surface area contributed by atoms with Crippen LogP contribution in [0, 0.1) is 0 Å². The lowest BCUT2D eigenvalue weighted by Gasteiger charge is -2.22. The van der Waals surface area contributed by atoms with Crippen LogP contribution in [-0.2, 0) is 0 Å². The molecule has 0 saturated carbocycles. The number of carboxylic acids is 1. The van der Waals surface area contributed by atoms with Crippen LogP contribution in [-0.4, -0.2) is 50.6 Å². The smallest absolute Gasteiger partial charge is 0.358 e. The summed E-state index contributed by atoms with van der Waals surface area (Å²) in [5, 5.41) is 25.8. The fraction of sp³-hybridized carbons (Fsp3) is 0.438. The fourth-order valence-electron chi connectivity index (χ4n) is 1.90. The Morgan fingerprint density at radius 1 is 1.33 bits per heavy atom. The van der Waals surface area contributed by atoms with Gasteiger partial charge in [0.2, 0.25) is 0 Å². The second-order valence-electron chi connectivity index (χ2n) is 6.38. The van der Waals surface area contributed by atoms with Crippen LogP contribution in [0.3, 0.4) is 0 Å². The molecule has 0 spiro atoms. The molecule has 24 heavy (non-hydrogen) atoms. The molecule has 130 valence electrons. The minimum Gasteiger partial charge on any atom is -0.491 e. The van der Waals surface area contributed by atoms with Crippen molar-refractivity contribution in [3.8, 4) is 16.2 Å². The topological polar surface area (TPSA) is 105 Å². The molecule has 1 heterocycles. The number of aliphatic hydroxyl groups is 1. The zero-order chi connectivity index (χ0) is 17.7. The zero-order valence-electron chi connectivity index (χ0n) is 13.8. The third kappa shape index (κ3) is 5.26. The number of aromatic carboxylic acids is 1. The molecule has 0 radical (unpaired) electrons. The van der Waals surface area contributed by atoms with Gasteiger partial charge in [-0.15, -0.1) is 5.10 Å². The maximum Gasteiger partial charge on any atom is 0.358 e. The lowest BCUT2D eigenvalue weighted by molar-refractivity contribution is 0.0691. The van der Waals surface area contributed by atoms with Crippen molar-refractivity contribution < 1.29 is 19.7 Å². The van der Waals surface area contributed by atoms with Crippen LogP contribution in [0.15, 0.2) is 24.3 Å². The van der Waals surface area contributed by atoms with E-state index in [0.29, 0.717) is 22.7 Å². The van der Waals surface area contributed by atoms with E-state index < -0.39 is 12.1 Å². The molecule has 1 aromatic carbocycles. The summed E-state index contributed by atoms with van der Waals surface area (Å²) in [5.74, 6) is -0.503. The highest BCUT2D eigenvalue weighted by molar-refractivity contribution is 7.09. The Bertz CT molecular complexity index is 679. The first-order chi connectivity index (χ1) is 11.3. The Morgan fingerprint density at radius 2 is 2.00 bits per heavy atom. The molecule has 1 unspecified atom stereocenters. The number of benzene rings is 1. The number of rotatable bonds is 7. The number of ether oxygens (including phenoxy) is 1. The number of β-amino-alcohol motifs (C(OH)–C–C–N with tert-alkyl or cyclic N) is 1. The molecular weight excluding hydrogens is 330 g/mol. The number of aliphatic hydroxyl groups excluding tert-OH is 1. The highest BCUT2D eigenvalue weighted by Crippen LogP contribution is 2.27. The van der Waals surface area contributed by atoms with E-state index in [-0.39, 0.29) is 17.8 Å². The van der Waals surface area contributed by atoms with Gasteiger partial charge in [-0.1, -0.05) is 4.49 Å². The quantitative estimate of drug-likeness (QED) is 0.701. The van der Waals surface area contributed by atoms with Gasteiger partial charge in [-0.25, -0.2) is 4.79 Å². The number of nitrogens with zero attached hydrogens (tertiary/aromatic N) is 2. The predicted octanol–water partition coefficient (Wildman–Crippen LogP) is 2.03. The van der Waals surface area contributed by atoms with Gasteiger partial charge >= 0.3 is 5.97 Å². The molecule has 0 bridgehead atoms. The molecule has 0 aliphatic heterocycles. The second kappa shape index (κ2) is 7.69. The average Bonchev–Trinajstić information content (AvgIpc) is 3.00. The molecule has 0 fully saturated rings. The maximum absolute atomic E-state index is 11.1. The number of carbonyl (C=O) groups is 1. The van der Waals surface area contributed by atoms with Crippen molar-refractivity contribution in [1.29, 1.82) is 0 Å². The SMILES string of the molecule is CC(C)(C)NCC(O)COc1ccc(-c2snnc2C(=O)O)cc1. The van der Waals surface area contributed by atoms with Gasteiger partial charge in [0.25, 0.3) is 0 Å². The summed E-state index contributed by atoms with van der Waals surface area (Å²) in [5.41, 5.74) is 0.592. The van der Waals surface area contributed by atoms with Gasteiger partial charge in [-0.2, -0.15) is 0 Å². The number of carboxylic acid groups (broad SMARTS) is 1. The summed E-state index contributed by atoms with van der Waals surface area (Å²) in [6, 6.07) is 6.95. The van der Waals surface area contributed by atoms with Gasteiger partial charge in [-0.05, 0) is 62.1 Å². The monoisotopic (exact) mass is 351 g/mol. The van der Waals surface area contributed by atoms with Gasteiger partial charge in [0.1, 0.15) is 18.5 Å². The number of aromatic nitrogens is 2. The summed E-state index contributed by atoms with van der Waals surface area (Å²) in [6.07, 6.45) is -0.617. The van der Waals surface area contributed by atoms with E-state index in [9.17, 15) is 9.90 Å². The van der Waals surface area contributed by atoms with E-state index >= 15 is 0 Å². The summed E-state index contributed by atoms with van der Waals surface area (Å²) in [4.78, 5) is 11.6. The molecule has 3 N–H and O–H groups in total. The van der Waals surface area contributed by atoms with Crippen LogP contribution in [0.5, 0.6) is 5.75 Å². The first kappa shape index (κ1) is 18.3. The van der Waals surface area contributed by atoms with E-state index in [2.05, 4.69) is 14.9 Å². The average molecular weight is 351 g/mol. The highest BCUT2D eigenvalue weighted by atomic mass is 32.1. The van der Waals surface area contributed by atoms with Crippen LogP contribution < -0.4 is 10.1 Å². The van der Waals surface area contributed by atoms with Crippen LogP contribution in [0.2, 0.25) is 0 Å². The molecule has 0 aliphatic rings. The van der Waals surface area contributed by atoms with Crippen molar-refractivity contribution in [2.45, 2.75) is 32.4 Å². The van der Waals surface area contributed by atoms with Gasteiger partial charge in [0, 0.05) is 12.1 Å². The third-order valence-electron chi connectivity index (χ3n) is 3.12. The summed E-state index contributed by atoms with van der Waals surface area (Å²) in [7, 11) is 0. The molecule has 2 rings (SSSR count). The van der Waals surface area contributed by atoms with Crippen molar-refractivity contribution in [2.75, 3.05) is 13.2 Å². The highest BCUT2D eigenvalue weighted by Gasteiger charge is 2.17. The molecule has 7 nitrogen and oxygen atoms in total. The summed E-state index contributed by atoms with van der Waals surface area (Å²) < 4.78 is 9.23. The minimum atomic E-state index is -1.10. The Morgan fingerprint density at radius 3 is 2.58 bits per heavy atom. The maximum atomic E-state index is 11.1. The van der Waals surface area contributed by atoms with Crippen LogP contribution >= 0.6 is 11.5 Å². The summed E-state index contributed by atoms with van der Waals surface area (Å²) >= 11 is 1.03. The standard InChI is InChI=1S/C16H21N3O4S/c1-16(2,3)17-8-11(20)9-23-12-6-4-10(5-7-12)14-13(15(21)22)18-19-24-14/h4-7,11,17,20H,8-9H2,1-3H3,(H,21,22). The minimum absolute atomic E-state index is 0.0580. The van der Waals surface area contributed by atoms with Crippen molar-refractivity contribution in [3.05, 3.63) is 30.0 Å². The molecule has 1 aromatic heterocycles. The van der Waals surface area contributed by atoms with E-state index in [0.717, 1.165) is 11.5 Å². The predicted molar refractivity (Wildman–Crippen MR) is 91.6 cm³/mol. The van der Waals surface area contributed by atoms with Crippen LogP contribution in [0.25, 0.3) is 10.4 Å². The molecular formula is C16H21N3O4S. The first-order valence-corrected chi connectivity index (χ1v) is 8.25. The first-order valence-electron chi connectivity index (χ1n) is 7.48. The van der Waals surface area contributed by atoms with Crippen molar-refractivity contribution in [2.24, 2.45) is 0 Å². The lowest BCUT2D eigenvalue weighted by Crippen LogP contribution is -2.42. The number of nitrogens with one attached hydrogen (secondary N) is 1. The Balaban J connectivity index is 1.93. The number of hydrogen-bond acceptors (Lipinski definition) is 7. The molecule has 0 saturated heterocycles. The Labute approximate surface area is 144 Å². The molecule has 2 aromatic rings. The lowest BCUT2D eigenvalue weighted by atomic mass is 10.1. The molecule has 1 atom stereocenters. The van der Waals surface area contributed by atoms with Crippen LogP contribution in [0.1, 0.15) is 31.3 Å². The van der Waals surface area contributed by atoms with Crippen molar-refractivity contribution in [3.63, 3.8) is 0 Å². The molecule has 0 amide bonds. The van der Waals surface area contributed by atoms with Gasteiger partial charge in [0.15, 0.2) is 5.69 Å². The third-order valence-corrected chi connectivity index (χ3v) is 3.89. The van der Waals surface area contributed by atoms with E-state index in [1.807, 2.05) is 20.8 Å². The Hall–Kier alpha value is -2.03. The van der Waals surface area contributed by atoms with Gasteiger partial charge in [0.05, 0.1) is 4.88 Å². The molecule has 0 aliphatic carbocycles.